The molecule has 0 spiro atoms. The van der Waals surface area contributed by atoms with E-state index < -0.39 is 22.0 Å². The molecule has 1 aromatic rings. The number of primary amides is 1. The fraction of sp³-hybridized carbons (Fsp3) is 0.385. The Morgan fingerprint density at radius 2 is 2.14 bits per heavy atom. The van der Waals surface area contributed by atoms with Gasteiger partial charge in [0.2, 0.25) is 15.9 Å². The molecule has 2 unspecified atom stereocenters. The topological polar surface area (TPSA) is 113 Å². The molecule has 0 aliphatic rings. The van der Waals surface area contributed by atoms with E-state index in [0.717, 1.165) is 6.07 Å². The molecule has 114 valence electrons. The van der Waals surface area contributed by atoms with Gasteiger partial charge in [-0.2, -0.15) is 9.98 Å². The minimum atomic E-state index is -3.97. The van der Waals surface area contributed by atoms with Crippen LogP contribution in [0.15, 0.2) is 23.1 Å². The van der Waals surface area contributed by atoms with Gasteiger partial charge >= 0.3 is 0 Å². The Morgan fingerprint density at radius 1 is 1.52 bits per heavy atom. The number of amides is 1. The second-order valence-electron chi connectivity index (χ2n) is 4.64. The average Bonchev–Trinajstić information content (AvgIpc) is 2.44. The molecule has 2 atom stereocenters. The fourth-order valence-corrected chi connectivity index (χ4v) is 3.18. The number of nitrogens with one attached hydrogen (secondary N) is 1. The highest BCUT2D eigenvalue weighted by atomic mass is 35.5. The first kappa shape index (κ1) is 17.4. The minimum absolute atomic E-state index is 0.0405. The van der Waals surface area contributed by atoms with Gasteiger partial charge in [0.15, 0.2) is 0 Å². The third kappa shape index (κ3) is 4.17. The molecule has 3 N–H and O–H groups in total. The van der Waals surface area contributed by atoms with Gasteiger partial charge in [-0.15, -0.1) is 0 Å². The molecular formula is C13H16ClN3O3S. The van der Waals surface area contributed by atoms with E-state index in [1.807, 2.05) is 6.92 Å². The van der Waals surface area contributed by atoms with Gasteiger partial charge in [0, 0.05) is 0 Å². The highest BCUT2D eigenvalue weighted by Crippen LogP contribution is 2.20. The van der Waals surface area contributed by atoms with Gasteiger partial charge < -0.3 is 5.73 Å². The van der Waals surface area contributed by atoms with Crippen LogP contribution in [0.5, 0.6) is 0 Å². The SMILES string of the molecule is CCC(C)C(NS(=O)(=O)c1ccc(Cl)c(C#N)c1)C(N)=O. The van der Waals surface area contributed by atoms with Crippen LogP contribution in [0.3, 0.4) is 0 Å². The quantitative estimate of drug-likeness (QED) is 0.820. The summed E-state index contributed by atoms with van der Waals surface area (Å²) in [6, 6.07) is 4.52. The van der Waals surface area contributed by atoms with E-state index >= 15 is 0 Å². The summed E-state index contributed by atoms with van der Waals surface area (Å²) in [5.74, 6) is -0.998. The summed E-state index contributed by atoms with van der Waals surface area (Å²) in [5, 5.41) is 9.04. The van der Waals surface area contributed by atoms with E-state index in [4.69, 9.17) is 22.6 Å². The maximum Gasteiger partial charge on any atom is 0.241 e. The standard InChI is InChI=1S/C13H16ClN3O3S/c1-3-8(2)12(13(16)18)17-21(19,20)10-4-5-11(14)9(6-10)7-15/h4-6,8,12,17H,3H2,1-2H3,(H2,16,18). The van der Waals surface area contributed by atoms with Crippen molar-refractivity contribution in [3.8, 4) is 6.07 Å². The number of rotatable bonds is 6. The van der Waals surface area contributed by atoms with Crippen molar-refractivity contribution in [2.24, 2.45) is 11.7 Å². The van der Waals surface area contributed by atoms with E-state index in [1.165, 1.54) is 12.1 Å². The third-order valence-electron chi connectivity index (χ3n) is 3.17. The predicted octanol–water partition coefficient (Wildman–Crippen LogP) is 1.39. The molecule has 1 rings (SSSR count). The number of hydrogen-bond acceptors (Lipinski definition) is 4. The second-order valence-corrected chi connectivity index (χ2v) is 6.76. The minimum Gasteiger partial charge on any atom is -0.368 e. The lowest BCUT2D eigenvalue weighted by atomic mass is 10.00. The van der Waals surface area contributed by atoms with Crippen molar-refractivity contribution in [2.45, 2.75) is 31.2 Å². The summed E-state index contributed by atoms with van der Waals surface area (Å²) in [6.07, 6.45) is 0.584. The van der Waals surface area contributed by atoms with Gasteiger partial charge in [-0.05, 0) is 24.1 Å². The summed E-state index contributed by atoms with van der Waals surface area (Å²) in [6.45, 7) is 3.55. The zero-order valence-electron chi connectivity index (χ0n) is 11.6. The van der Waals surface area contributed by atoms with Crippen molar-refractivity contribution in [3.05, 3.63) is 28.8 Å². The smallest absolute Gasteiger partial charge is 0.241 e. The van der Waals surface area contributed by atoms with Crippen molar-refractivity contribution in [1.29, 1.82) is 5.26 Å². The third-order valence-corrected chi connectivity index (χ3v) is 4.94. The average molecular weight is 330 g/mol. The molecule has 0 saturated heterocycles. The van der Waals surface area contributed by atoms with Crippen LogP contribution in [0.1, 0.15) is 25.8 Å². The second kappa shape index (κ2) is 6.89. The number of nitrogens with zero attached hydrogens (tertiary/aromatic N) is 1. The Morgan fingerprint density at radius 3 is 2.62 bits per heavy atom. The molecule has 0 aromatic heterocycles. The van der Waals surface area contributed by atoms with Crippen LogP contribution in [0.25, 0.3) is 0 Å². The predicted molar refractivity (Wildman–Crippen MR) is 78.9 cm³/mol. The van der Waals surface area contributed by atoms with Gasteiger partial charge in [-0.3, -0.25) is 4.79 Å². The Balaban J connectivity index is 3.17. The number of carbonyl (C=O) groups is 1. The largest absolute Gasteiger partial charge is 0.368 e. The normalized spacial score (nSPS) is 14.2. The van der Waals surface area contributed by atoms with Gasteiger partial charge in [-0.25, -0.2) is 8.42 Å². The van der Waals surface area contributed by atoms with Crippen molar-refractivity contribution < 1.29 is 13.2 Å². The maximum absolute atomic E-state index is 12.3. The Labute approximate surface area is 128 Å². The van der Waals surface area contributed by atoms with Crippen molar-refractivity contribution in [1.82, 2.24) is 4.72 Å². The first-order valence-electron chi connectivity index (χ1n) is 6.24. The highest BCUT2D eigenvalue weighted by Gasteiger charge is 2.28. The molecule has 0 saturated carbocycles. The molecular weight excluding hydrogens is 314 g/mol. The van der Waals surface area contributed by atoms with E-state index in [0.29, 0.717) is 6.42 Å². The summed E-state index contributed by atoms with van der Waals surface area (Å²) in [5.41, 5.74) is 5.28. The summed E-state index contributed by atoms with van der Waals surface area (Å²) in [7, 11) is -3.97. The summed E-state index contributed by atoms with van der Waals surface area (Å²) >= 11 is 5.76. The fourth-order valence-electron chi connectivity index (χ4n) is 1.68. The van der Waals surface area contributed by atoms with Crippen molar-refractivity contribution in [3.63, 3.8) is 0 Å². The van der Waals surface area contributed by atoms with Crippen LogP contribution in [-0.2, 0) is 14.8 Å². The van der Waals surface area contributed by atoms with Crippen LogP contribution in [-0.4, -0.2) is 20.4 Å². The lowest BCUT2D eigenvalue weighted by molar-refractivity contribution is -0.120. The number of benzene rings is 1. The summed E-state index contributed by atoms with van der Waals surface area (Å²) < 4.78 is 26.8. The lowest BCUT2D eigenvalue weighted by Gasteiger charge is -2.21. The molecule has 0 aliphatic carbocycles. The van der Waals surface area contributed by atoms with Crippen LogP contribution < -0.4 is 10.5 Å². The molecule has 8 heteroatoms. The molecule has 6 nitrogen and oxygen atoms in total. The van der Waals surface area contributed by atoms with Crippen molar-refractivity contribution in [2.75, 3.05) is 0 Å². The van der Waals surface area contributed by atoms with Crippen LogP contribution in [0.4, 0.5) is 0 Å². The van der Waals surface area contributed by atoms with E-state index in [-0.39, 0.29) is 21.4 Å². The molecule has 0 radical (unpaired) electrons. The first-order chi connectivity index (χ1) is 9.72. The number of sulfonamides is 1. The van der Waals surface area contributed by atoms with Crippen LogP contribution >= 0.6 is 11.6 Å². The zero-order chi connectivity index (χ0) is 16.2. The van der Waals surface area contributed by atoms with E-state index in [1.54, 1.807) is 13.0 Å². The van der Waals surface area contributed by atoms with Gasteiger partial charge in [-0.1, -0.05) is 31.9 Å². The number of carbonyl (C=O) groups excluding carboxylic acids is 1. The summed E-state index contributed by atoms with van der Waals surface area (Å²) in [4.78, 5) is 11.3. The lowest BCUT2D eigenvalue weighted by Crippen LogP contribution is -2.48. The van der Waals surface area contributed by atoms with E-state index in [2.05, 4.69) is 4.72 Å². The van der Waals surface area contributed by atoms with Gasteiger partial charge in [0.05, 0.1) is 15.5 Å². The molecule has 1 aromatic carbocycles. The van der Waals surface area contributed by atoms with Gasteiger partial charge in [0.25, 0.3) is 0 Å². The highest BCUT2D eigenvalue weighted by molar-refractivity contribution is 7.89. The Hall–Kier alpha value is -1.62. The molecule has 0 fully saturated rings. The molecule has 1 amide bonds. The number of nitriles is 1. The number of nitrogens with two attached hydrogens (primary N) is 1. The van der Waals surface area contributed by atoms with Crippen molar-refractivity contribution >= 4 is 27.5 Å². The maximum atomic E-state index is 12.3. The number of hydrogen-bond donors (Lipinski definition) is 2. The Kier molecular flexibility index (Phi) is 5.72. The Bertz CT molecular complexity index is 682. The first-order valence-corrected chi connectivity index (χ1v) is 8.10. The van der Waals surface area contributed by atoms with Crippen LogP contribution in [0, 0.1) is 17.2 Å². The monoisotopic (exact) mass is 329 g/mol. The van der Waals surface area contributed by atoms with E-state index in [9.17, 15) is 13.2 Å². The molecule has 0 heterocycles. The van der Waals surface area contributed by atoms with Crippen LogP contribution in [0.2, 0.25) is 5.02 Å². The molecule has 0 aliphatic heterocycles. The van der Waals surface area contributed by atoms with Gasteiger partial charge in [0.1, 0.15) is 12.1 Å². The molecule has 21 heavy (non-hydrogen) atoms. The zero-order valence-corrected chi connectivity index (χ0v) is 13.2. The molecule has 0 bridgehead atoms. The number of halogens is 1.